The average Bonchev–Trinajstić information content (AvgIpc) is 2.91. The summed E-state index contributed by atoms with van der Waals surface area (Å²) in [5.74, 6) is 1.11. The van der Waals surface area contributed by atoms with E-state index in [1.807, 2.05) is 0 Å². The van der Waals surface area contributed by atoms with Crippen molar-refractivity contribution in [2.45, 2.75) is 50.5 Å². The summed E-state index contributed by atoms with van der Waals surface area (Å²) in [5, 5.41) is 0. The van der Waals surface area contributed by atoms with Crippen molar-refractivity contribution in [2.75, 3.05) is 0 Å². The Morgan fingerprint density at radius 1 is 1.21 bits per heavy atom. The van der Waals surface area contributed by atoms with Gasteiger partial charge < -0.3 is 4.74 Å². The number of carbonyl (C=O) groups is 1. The normalized spacial score (nSPS) is 30.3. The highest BCUT2D eigenvalue weighted by molar-refractivity contribution is 6.02. The zero-order valence-corrected chi connectivity index (χ0v) is 8.29. The van der Waals surface area contributed by atoms with Crippen molar-refractivity contribution in [3.8, 4) is 0 Å². The molecule has 2 fully saturated rings. The van der Waals surface area contributed by atoms with E-state index in [-0.39, 0.29) is 5.97 Å². The number of hydrogen-bond donors (Lipinski definition) is 0. The summed E-state index contributed by atoms with van der Waals surface area (Å²) in [6.45, 7) is 0. The highest BCUT2D eigenvalue weighted by Crippen LogP contribution is 2.45. The van der Waals surface area contributed by atoms with Crippen molar-refractivity contribution < 1.29 is 9.53 Å². The quantitative estimate of drug-likeness (QED) is 0.598. The molecule has 0 radical (unpaired) electrons. The molecule has 0 bridgehead atoms. The van der Waals surface area contributed by atoms with Crippen molar-refractivity contribution in [3.05, 3.63) is 0 Å². The Labute approximate surface area is 83.5 Å². The molecule has 0 saturated heterocycles. The molecule has 2 aliphatic carbocycles. The Morgan fingerprint density at radius 3 is 2.50 bits per heavy atom. The van der Waals surface area contributed by atoms with Crippen molar-refractivity contribution in [1.29, 1.82) is 0 Å². The van der Waals surface area contributed by atoms with Gasteiger partial charge in [0.25, 0.3) is 0 Å². The lowest BCUT2D eigenvalue weighted by Crippen LogP contribution is -2.20. The molecular weight excluding hydrogens is 178 g/mol. The monoisotopic (exact) mass is 193 g/mol. The Morgan fingerprint density at radius 2 is 1.93 bits per heavy atom. The molecule has 14 heavy (non-hydrogen) atoms. The summed E-state index contributed by atoms with van der Waals surface area (Å²) in [4.78, 5) is 16.0. The molecule has 0 aromatic heterocycles. The van der Waals surface area contributed by atoms with Gasteiger partial charge in [0.2, 0.25) is 0 Å². The number of esters is 1. The SMILES string of the molecule is O=C1OC(C2CCCCC2)=NC12CC2. The molecule has 76 valence electrons. The van der Waals surface area contributed by atoms with Crippen LogP contribution < -0.4 is 0 Å². The standard InChI is InChI=1S/C11H15NO2/c13-10-11(6-7-11)12-9(14-10)8-4-2-1-3-5-8/h8H,1-7H2. The number of nitrogens with zero attached hydrogens (tertiary/aromatic N) is 1. The van der Waals surface area contributed by atoms with Gasteiger partial charge in [0.15, 0.2) is 11.4 Å². The molecule has 0 amide bonds. The van der Waals surface area contributed by atoms with Crippen LogP contribution in [-0.4, -0.2) is 17.4 Å². The van der Waals surface area contributed by atoms with Gasteiger partial charge in [-0.05, 0) is 25.7 Å². The van der Waals surface area contributed by atoms with Gasteiger partial charge in [-0.1, -0.05) is 19.3 Å². The van der Waals surface area contributed by atoms with Crippen LogP contribution in [0.4, 0.5) is 0 Å². The maximum absolute atomic E-state index is 11.5. The van der Waals surface area contributed by atoms with E-state index in [1.165, 1.54) is 19.3 Å². The van der Waals surface area contributed by atoms with E-state index in [0.29, 0.717) is 5.92 Å². The molecule has 1 aliphatic heterocycles. The third kappa shape index (κ3) is 1.18. The summed E-state index contributed by atoms with van der Waals surface area (Å²) in [7, 11) is 0. The number of rotatable bonds is 1. The first kappa shape index (κ1) is 8.45. The van der Waals surface area contributed by atoms with E-state index < -0.39 is 5.54 Å². The topological polar surface area (TPSA) is 38.7 Å². The number of aliphatic imine (C=N–C) groups is 1. The van der Waals surface area contributed by atoms with Crippen LogP contribution in [0.1, 0.15) is 44.9 Å². The van der Waals surface area contributed by atoms with Gasteiger partial charge in [-0.15, -0.1) is 0 Å². The van der Waals surface area contributed by atoms with E-state index >= 15 is 0 Å². The molecule has 0 aromatic carbocycles. The second-order valence-corrected chi connectivity index (χ2v) is 4.71. The van der Waals surface area contributed by atoms with Gasteiger partial charge in [-0.3, -0.25) is 0 Å². The third-order valence-electron chi connectivity index (χ3n) is 3.58. The summed E-state index contributed by atoms with van der Waals surface area (Å²) in [6.07, 6.45) is 7.96. The molecule has 0 unspecified atom stereocenters. The molecular formula is C11H15NO2. The van der Waals surface area contributed by atoms with Crippen LogP contribution in [0.15, 0.2) is 4.99 Å². The molecule has 0 atom stereocenters. The van der Waals surface area contributed by atoms with E-state index in [2.05, 4.69) is 4.99 Å². The average molecular weight is 193 g/mol. The van der Waals surface area contributed by atoms with E-state index in [1.54, 1.807) is 0 Å². The smallest absolute Gasteiger partial charge is 0.340 e. The van der Waals surface area contributed by atoms with Crippen LogP contribution in [0.2, 0.25) is 0 Å². The van der Waals surface area contributed by atoms with Crippen LogP contribution in [-0.2, 0) is 9.53 Å². The summed E-state index contributed by atoms with van der Waals surface area (Å²) in [6, 6.07) is 0. The summed E-state index contributed by atoms with van der Waals surface area (Å²) in [5.41, 5.74) is -0.396. The van der Waals surface area contributed by atoms with Crippen molar-refractivity contribution in [2.24, 2.45) is 10.9 Å². The number of ether oxygens (including phenoxy) is 1. The Hall–Kier alpha value is -0.860. The molecule has 3 nitrogen and oxygen atoms in total. The fourth-order valence-corrected chi connectivity index (χ4v) is 2.43. The van der Waals surface area contributed by atoms with Crippen LogP contribution >= 0.6 is 0 Å². The second-order valence-electron chi connectivity index (χ2n) is 4.71. The lowest BCUT2D eigenvalue weighted by molar-refractivity contribution is -0.136. The van der Waals surface area contributed by atoms with Crippen LogP contribution in [0.5, 0.6) is 0 Å². The van der Waals surface area contributed by atoms with Crippen molar-refractivity contribution >= 4 is 11.9 Å². The maximum atomic E-state index is 11.5. The molecule has 2 saturated carbocycles. The van der Waals surface area contributed by atoms with Gasteiger partial charge in [0.05, 0.1) is 0 Å². The minimum atomic E-state index is -0.396. The summed E-state index contributed by atoms with van der Waals surface area (Å²) < 4.78 is 5.29. The Kier molecular flexibility index (Phi) is 1.70. The van der Waals surface area contributed by atoms with Gasteiger partial charge in [0, 0.05) is 5.92 Å². The predicted molar refractivity (Wildman–Crippen MR) is 52.1 cm³/mol. The number of carbonyl (C=O) groups excluding carboxylic acids is 1. The first-order chi connectivity index (χ1) is 6.80. The fourth-order valence-electron chi connectivity index (χ4n) is 2.43. The van der Waals surface area contributed by atoms with E-state index in [4.69, 9.17) is 4.74 Å². The Balaban J connectivity index is 1.76. The zero-order valence-electron chi connectivity index (χ0n) is 8.29. The van der Waals surface area contributed by atoms with Crippen molar-refractivity contribution in [1.82, 2.24) is 0 Å². The van der Waals surface area contributed by atoms with Crippen LogP contribution in [0, 0.1) is 5.92 Å². The molecule has 1 heterocycles. The van der Waals surface area contributed by atoms with Crippen LogP contribution in [0.25, 0.3) is 0 Å². The highest BCUT2D eigenvalue weighted by atomic mass is 16.6. The predicted octanol–water partition coefficient (Wildman–Crippen LogP) is 2.05. The van der Waals surface area contributed by atoms with E-state index in [9.17, 15) is 4.79 Å². The van der Waals surface area contributed by atoms with Gasteiger partial charge >= 0.3 is 5.97 Å². The number of cyclic esters (lactones) is 1. The molecule has 1 spiro atoms. The third-order valence-corrected chi connectivity index (χ3v) is 3.58. The second kappa shape index (κ2) is 2.81. The van der Waals surface area contributed by atoms with Crippen LogP contribution in [0.3, 0.4) is 0 Å². The minimum Gasteiger partial charge on any atom is -0.410 e. The fraction of sp³-hybridized carbons (Fsp3) is 0.818. The van der Waals surface area contributed by atoms with Gasteiger partial charge in [-0.25, -0.2) is 9.79 Å². The molecule has 0 aromatic rings. The minimum absolute atomic E-state index is 0.0851. The van der Waals surface area contributed by atoms with E-state index in [0.717, 1.165) is 31.6 Å². The first-order valence-electron chi connectivity index (χ1n) is 5.62. The summed E-state index contributed by atoms with van der Waals surface area (Å²) >= 11 is 0. The first-order valence-corrected chi connectivity index (χ1v) is 5.62. The van der Waals surface area contributed by atoms with Gasteiger partial charge in [0.1, 0.15) is 0 Å². The molecule has 0 N–H and O–H groups in total. The highest BCUT2D eigenvalue weighted by Gasteiger charge is 2.56. The Bertz CT molecular complexity index is 298. The molecule has 3 rings (SSSR count). The number of hydrogen-bond acceptors (Lipinski definition) is 3. The lowest BCUT2D eigenvalue weighted by Gasteiger charge is -2.19. The van der Waals surface area contributed by atoms with Gasteiger partial charge in [-0.2, -0.15) is 0 Å². The molecule has 3 aliphatic rings. The maximum Gasteiger partial charge on any atom is 0.340 e. The van der Waals surface area contributed by atoms with Crippen molar-refractivity contribution in [3.63, 3.8) is 0 Å². The lowest BCUT2D eigenvalue weighted by atomic mass is 9.89. The molecule has 3 heteroatoms. The largest absolute Gasteiger partial charge is 0.410 e. The zero-order chi connectivity index (χ0) is 9.60.